The first kappa shape index (κ1) is 14.7. The van der Waals surface area contributed by atoms with Gasteiger partial charge in [-0.3, -0.25) is 0 Å². The molecule has 0 saturated carbocycles. The molecule has 0 spiro atoms. The van der Waals surface area contributed by atoms with Gasteiger partial charge in [0.1, 0.15) is 6.33 Å². The zero-order chi connectivity index (χ0) is 11.5. The smallest absolute Gasteiger partial charge is 0.188 e. The zero-order valence-corrected chi connectivity index (χ0v) is 10.7. The van der Waals surface area contributed by atoms with E-state index >= 15 is 0 Å². The van der Waals surface area contributed by atoms with Gasteiger partial charge in [0.25, 0.3) is 0 Å². The van der Waals surface area contributed by atoms with Gasteiger partial charge >= 0.3 is 0 Å². The molecule has 0 aliphatic rings. The Labute approximate surface area is 102 Å². The maximum absolute atomic E-state index is 5.27. The molecule has 15 heavy (non-hydrogen) atoms. The van der Waals surface area contributed by atoms with Crippen molar-refractivity contribution >= 4 is 25.3 Å². The topological polar surface area (TPSA) is 64.7 Å². The molecule has 0 radical (unpaired) electrons. The molecular weight excluding hydrogens is 228 g/mol. The molecule has 0 fully saturated rings. The van der Waals surface area contributed by atoms with Gasteiger partial charge < -0.3 is 5.73 Å². The number of rotatable bonds is 4. The van der Waals surface area contributed by atoms with Crippen LogP contribution in [-0.4, -0.2) is 21.5 Å². The third-order valence-electron chi connectivity index (χ3n) is 1.60. The Morgan fingerprint density at radius 2 is 1.73 bits per heavy atom. The fraction of sp³-hybridized carbons (Fsp3) is 0.667. The highest BCUT2D eigenvalue weighted by molar-refractivity contribution is 7.80. The van der Waals surface area contributed by atoms with Gasteiger partial charge in [-0.1, -0.05) is 26.2 Å². The van der Waals surface area contributed by atoms with Crippen LogP contribution in [0, 0.1) is 0 Å². The highest BCUT2D eigenvalue weighted by atomic mass is 32.1. The van der Waals surface area contributed by atoms with E-state index in [0.29, 0.717) is 10.3 Å². The van der Waals surface area contributed by atoms with Gasteiger partial charge in [-0.25, -0.2) is 9.97 Å². The van der Waals surface area contributed by atoms with Crippen LogP contribution in [0.1, 0.15) is 32.6 Å². The molecule has 6 heteroatoms. The minimum atomic E-state index is 0.394. The van der Waals surface area contributed by atoms with Crippen molar-refractivity contribution in [3.05, 3.63) is 6.33 Å². The average Bonchev–Trinajstić information content (AvgIpc) is 2.19. The normalized spacial score (nSPS) is 9.33. The van der Waals surface area contributed by atoms with Gasteiger partial charge in [0.2, 0.25) is 0 Å². The Kier molecular flexibility index (Phi) is 9.97. The summed E-state index contributed by atoms with van der Waals surface area (Å²) in [5.74, 6) is 0. The molecule has 0 unspecified atom stereocenters. The van der Waals surface area contributed by atoms with Crippen molar-refractivity contribution in [2.75, 3.05) is 6.54 Å². The fourth-order valence-electron chi connectivity index (χ4n) is 0.850. The van der Waals surface area contributed by atoms with E-state index in [-0.39, 0.29) is 0 Å². The standard InChI is InChI=1S/C6H15N.C3H3N3S2/c1-2-3-4-5-6-7;7-2-4-1-5-3(8)6-2/h2-7H2,1H3;1H,(H2,4,5,6,7,8). The van der Waals surface area contributed by atoms with Crippen molar-refractivity contribution in [2.24, 2.45) is 5.73 Å². The summed E-state index contributed by atoms with van der Waals surface area (Å²) in [4.78, 5) is 10.9. The first-order chi connectivity index (χ1) is 7.20. The maximum Gasteiger partial charge on any atom is 0.188 e. The van der Waals surface area contributed by atoms with Crippen LogP contribution in [0.2, 0.25) is 0 Å². The molecule has 86 valence electrons. The van der Waals surface area contributed by atoms with E-state index in [1.165, 1.54) is 32.0 Å². The largest absolute Gasteiger partial charge is 0.330 e. The van der Waals surface area contributed by atoms with Crippen LogP contribution >= 0.6 is 25.3 Å². The van der Waals surface area contributed by atoms with E-state index in [4.69, 9.17) is 5.73 Å². The van der Waals surface area contributed by atoms with E-state index in [1.807, 2.05) is 0 Å². The number of hydrogen-bond donors (Lipinski definition) is 3. The lowest BCUT2D eigenvalue weighted by Gasteiger charge is -1.90. The summed E-state index contributed by atoms with van der Waals surface area (Å²) in [6, 6.07) is 0. The third kappa shape index (κ3) is 9.96. The lowest BCUT2D eigenvalue weighted by molar-refractivity contribution is 0.674. The summed E-state index contributed by atoms with van der Waals surface area (Å²) in [7, 11) is 0. The molecular formula is C9H18N4S2. The van der Waals surface area contributed by atoms with Crippen molar-refractivity contribution in [3.63, 3.8) is 0 Å². The predicted octanol–water partition coefficient (Wildman–Crippen LogP) is 1.97. The molecule has 0 aliphatic carbocycles. The second kappa shape index (κ2) is 10.2. The lowest BCUT2D eigenvalue weighted by atomic mass is 10.2. The van der Waals surface area contributed by atoms with Crippen molar-refractivity contribution in [3.8, 4) is 0 Å². The molecule has 0 bridgehead atoms. The van der Waals surface area contributed by atoms with E-state index < -0.39 is 0 Å². The first-order valence-corrected chi connectivity index (χ1v) is 5.87. The van der Waals surface area contributed by atoms with E-state index in [2.05, 4.69) is 47.1 Å². The molecule has 0 atom stereocenters. The molecule has 1 aromatic heterocycles. The Bertz CT molecular complexity index is 236. The number of aromatic nitrogens is 3. The molecule has 4 nitrogen and oxygen atoms in total. The monoisotopic (exact) mass is 246 g/mol. The van der Waals surface area contributed by atoms with E-state index in [0.717, 1.165) is 6.54 Å². The summed E-state index contributed by atoms with van der Waals surface area (Å²) >= 11 is 7.69. The summed E-state index contributed by atoms with van der Waals surface area (Å²) in [6.07, 6.45) is 6.52. The Morgan fingerprint density at radius 1 is 1.13 bits per heavy atom. The number of unbranched alkanes of at least 4 members (excludes halogenated alkanes) is 3. The fourth-order valence-corrected chi connectivity index (χ4v) is 1.22. The average molecular weight is 246 g/mol. The van der Waals surface area contributed by atoms with Crippen molar-refractivity contribution < 1.29 is 0 Å². The molecule has 0 amide bonds. The van der Waals surface area contributed by atoms with Crippen LogP contribution in [0.3, 0.4) is 0 Å². The van der Waals surface area contributed by atoms with Crippen molar-refractivity contribution in [2.45, 2.75) is 42.9 Å². The van der Waals surface area contributed by atoms with Crippen LogP contribution in [0.15, 0.2) is 16.6 Å². The second-order valence-electron chi connectivity index (χ2n) is 2.93. The van der Waals surface area contributed by atoms with Crippen molar-refractivity contribution in [1.82, 2.24) is 15.0 Å². The van der Waals surface area contributed by atoms with Crippen molar-refractivity contribution in [1.29, 1.82) is 0 Å². The van der Waals surface area contributed by atoms with E-state index in [1.54, 1.807) is 0 Å². The molecule has 1 rings (SSSR count). The first-order valence-electron chi connectivity index (χ1n) is 4.97. The van der Waals surface area contributed by atoms with Gasteiger partial charge in [-0.05, 0) is 13.0 Å². The van der Waals surface area contributed by atoms with Gasteiger partial charge in [-0.15, -0.1) is 25.3 Å². The third-order valence-corrected chi connectivity index (χ3v) is 2.04. The number of hydrogen-bond acceptors (Lipinski definition) is 6. The van der Waals surface area contributed by atoms with Crippen LogP contribution < -0.4 is 5.73 Å². The Morgan fingerprint density at radius 3 is 2.07 bits per heavy atom. The van der Waals surface area contributed by atoms with Crippen LogP contribution in [0.25, 0.3) is 0 Å². The summed E-state index contributed by atoms with van der Waals surface area (Å²) < 4.78 is 0. The minimum Gasteiger partial charge on any atom is -0.330 e. The predicted molar refractivity (Wildman–Crippen MR) is 67.5 cm³/mol. The number of nitrogens with two attached hydrogens (primary N) is 1. The molecule has 0 aromatic carbocycles. The SMILES string of the molecule is CCCCCCN.Sc1ncnc(S)n1. The van der Waals surface area contributed by atoms with Crippen LogP contribution in [0.5, 0.6) is 0 Å². The molecule has 1 heterocycles. The van der Waals surface area contributed by atoms with Gasteiger partial charge in [0.15, 0.2) is 10.3 Å². The zero-order valence-electron chi connectivity index (χ0n) is 8.93. The van der Waals surface area contributed by atoms with Gasteiger partial charge in [0.05, 0.1) is 0 Å². The quantitative estimate of drug-likeness (QED) is 0.561. The van der Waals surface area contributed by atoms with Gasteiger partial charge in [0, 0.05) is 0 Å². The van der Waals surface area contributed by atoms with Crippen LogP contribution in [0.4, 0.5) is 0 Å². The second-order valence-corrected chi connectivity index (χ2v) is 3.73. The molecule has 0 aliphatic heterocycles. The maximum atomic E-state index is 5.27. The lowest BCUT2D eigenvalue weighted by Crippen LogP contribution is -1.97. The summed E-state index contributed by atoms with van der Waals surface area (Å²) in [5.41, 5.74) is 5.27. The highest BCUT2D eigenvalue weighted by Crippen LogP contribution is 1.97. The highest BCUT2D eigenvalue weighted by Gasteiger charge is 1.86. The Balaban J connectivity index is 0.000000265. The van der Waals surface area contributed by atoms with E-state index in [9.17, 15) is 0 Å². The van der Waals surface area contributed by atoms with Gasteiger partial charge in [-0.2, -0.15) is 4.98 Å². The number of nitrogens with zero attached hydrogens (tertiary/aromatic N) is 3. The summed E-state index contributed by atoms with van der Waals surface area (Å²) in [6.45, 7) is 3.07. The molecule has 0 saturated heterocycles. The summed E-state index contributed by atoms with van der Waals surface area (Å²) in [5, 5.41) is 0.787. The number of thiol groups is 2. The molecule has 1 aromatic rings. The molecule has 2 N–H and O–H groups in total. The van der Waals surface area contributed by atoms with Crippen LogP contribution in [-0.2, 0) is 0 Å². The Hall–Kier alpha value is -0.330. The minimum absolute atomic E-state index is 0.394.